The molecule has 2 aromatic carbocycles. The van der Waals surface area contributed by atoms with Crippen LogP contribution in [0.4, 0.5) is 30.7 Å². The van der Waals surface area contributed by atoms with Gasteiger partial charge in [-0.3, -0.25) is 4.90 Å². The third-order valence-corrected chi connectivity index (χ3v) is 9.80. The number of hydrogen-bond donors (Lipinski definition) is 0. The molecule has 3 atom stereocenters. The van der Waals surface area contributed by atoms with Gasteiger partial charge in [0.2, 0.25) is 41.2 Å². The smallest absolute Gasteiger partial charge is 0.344 e. The maximum absolute atomic E-state index is 14.3. The van der Waals surface area contributed by atoms with E-state index in [2.05, 4.69) is 18.4 Å². The lowest BCUT2D eigenvalue weighted by Gasteiger charge is -2.47. The van der Waals surface area contributed by atoms with Crippen LogP contribution in [0.3, 0.4) is 0 Å². The van der Waals surface area contributed by atoms with Crippen LogP contribution in [0.15, 0.2) is 36.4 Å². The van der Waals surface area contributed by atoms with Crippen molar-refractivity contribution in [3.05, 3.63) is 82.5 Å². The summed E-state index contributed by atoms with van der Waals surface area (Å²) in [6.07, 6.45) is 5.60. The van der Waals surface area contributed by atoms with Crippen LogP contribution in [-0.4, -0.2) is 42.5 Å². The Morgan fingerprint density at radius 2 is 1.62 bits per heavy atom. The highest BCUT2D eigenvalue weighted by Crippen LogP contribution is 2.42. The van der Waals surface area contributed by atoms with E-state index < -0.39 is 53.0 Å². The minimum atomic E-state index is -2.36. The van der Waals surface area contributed by atoms with E-state index in [0.29, 0.717) is 54.9 Å². The summed E-state index contributed by atoms with van der Waals surface area (Å²) in [7, 11) is 0. The number of benzene rings is 2. The van der Waals surface area contributed by atoms with Crippen LogP contribution in [0.5, 0.6) is 5.75 Å². The van der Waals surface area contributed by atoms with E-state index in [-0.39, 0.29) is 23.2 Å². The summed E-state index contributed by atoms with van der Waals surface area (Å²) in [6.45, 7) is 8.68. The molecule has 0 amide bonds. The number of allylic oxidation sites excluding steroid dienone is 1. The Morgan fingerprint density at radius 3 is 2.24 bits per heavy atom. The predicted octanol–water partition coefficient (Wildman–Crippen LogP) is 8.23. The molecule has 1 aliphatic heterocycles. The zero-order valence-corrected chi connectivity index (χ0v) is 25.2. The van der Waals surface area contributed by atoms with Gasteiger partial charge in [-0.2, -0.15) is 8.78 Å². The van der Waals surface area contributed by atoms with E-state index >= 15 is 0 Å². The number of hydrogen-bond acceptors (Lipinski definition) is 4. The summed E-state index contributed by atoms with van der Waals surface area (Å²) < 4.78 is 107. The molecule has 0 bridgehead atoms. The zero-order valence-electron chi connectivity index (χ0n) is 25.2. The number of nitrogens with zero attached hydrogens (tertiary/aromatic N) is 1. The van der Waals surface area contributed by atoms with Gasteiger partial charge in [-0.05, 0) is 99.0 Å². The molecule has 45 heavy (non-hydrogen) atoms. The number of fused-ring (bicyclic) bond motifs is 1. The van der Waals surface area contributed by atoms with E-state index in [0.717, 1.165) is 44.2 Å². The zero-order chi connectivity index (χ0) is 32.6. The van der Waals surface area contributed by atoms with Crippen molar-refractivity contribution in [1.82, 2.24) is 4.90 Å². The first-order valence-electron chi connectivity index (χ1n) is 15.3. The molecule has 1 saturated carbocycles. The third-order valence-electron chi connectivity index (χ3n) is 9.80. The van der Waals surface area contributed by atoms with Crippen molar-refractivity contribution in [3.8, 4) is 5.75 Å². The molecule has 2 unspecified atom stereocenters. The second-order valence-corrected chi connectivity index (χ2v) is 12.5. The van der Waals surface area contributed by atoms with E-state index in [1.54, 1.807) is 6.92 Å². The fraction of sp³-hybridized carbons (Fsp3) is 0.500. The molecule has 244 valence electrons. The molecule has 0 aromatic heterocycles. The predicted molar refractivity (Wildman–Crippen MR) is 154 cm³/mol. The van der Waals surface area contributed by atoms with Crippen LogP contribution in [0.2, 0.25) is 0 Å². The van der Waals surface area contributed by atoms with Crippen molar-refractivity contribution in [2.75, 3.05) is 13.1 Å². The first-order valence-corrected chi connectivity index (χ1v) is 15.3. The molecule has 3 aliphatic rings. The van der Waals surface area contributed by atoms with Crippen molar-refractivity contribution < 1.29 is 45.0 Å². The van der Waals surface area contributed by atoms with Gasteiger partial charge < -0.3 is 9.47 Å². The Balaban J connectivity index is 1.24. The average molecular weight is 640 g/mol. The van der Waals surface area contributed by atoms with Crippen LogP contribution in [-0.2, 0) is 16.0 Å². The summed E-state index contributed by atoms with van der Waals surface area (Å²) >= 11 is 0. The van der Waals surface area contributed by atoms with Gasteiger partial charge >= 0.3 is 5.97 Å². The number of halogens is 7. The molecule has 4 nitrogen and oxygen atoms in total. The van der Waals surface area contributed by atoms with Crippen LogP contribution < -0.4 is 4.74 Å². The lowest BCUT2D eigenvalue weighted by atomic mass is 9.73. The van der Waals surface area contributed by atoms with Crippen LogP contribution >= 0.6 is 0 Å². The lowest BCUT2D eigenvalue weighted by molar-refractivity contribution is -0.132. The summed E-state index contributed by atoms with van der Waals surface area (Å²) in [5, 5.41) is 0. The quantitative estimate of drug-likeness (QED) is 0.0656. The van der Waals surface area contributed by atoms with Crippen LogP contribution in [0.25, 0.3) is 5.57 Å². The Morgan fingerprint density at radius 1 is 1.00 bits per heavy atom. The molecule has 0 radical (unpaired) electrons. The first-order chi connectivity index (χ1) is 21.4. The Labute approximate surface area is 257 Å². The van der Waals surface area contributed by atoms with Gasteiger partial charge in [0, 0.05) is 19.1 Å². The summed E-state index contributed by atoms with van der Waals surface area (Å²) in [6, 6.07) is 4.20. The molecule has 11 heteroatoms. The molecular weight excluding hydrogens is 603 g/mol. The van der Waals surface area contributed by atoms with Gasteiger partial charge in [0.1, 0.15) is 5.82 Å². The minimum absolute atomic E-state index is 0.0812. The Kier molecular flexibility index (Phi) is 10.1. The maximum Gasteiger partial charge on any atom is 0.344 e. The molecule has 2 aliphatic carbocycles. The van der Waals surface area contributed by atoms with Crippen LogP contribution in [0, 0.1) is 52.7 Å². The molecule has 0 spiro atoms. The lowest BCUT2D eigenvalue weighted by Crippen LogP contribution is -2.57. The van der Waals surface area contributed by atoms with Gasteiger partial charge in [-0.25, -0.2) is 26.7 Å². The molecule has 2 aromatic rings. The summed E-state index contributed by atoms with van der Waals surface area (Å²) in [5.41, 5.74) is 1.24. The SMILES string of the molecule is C=CC(F)OC1CN(C2CCC([C@@H](C)CCC3Cc4cc(F)ccc4C(C(=O)Oc4c(F)c(F)c(F)c(F)c4F)=C3C)CC2)C1. The van der Waals surface area contributed by atoms with Gasteiger partial charge in [0.15, 0.2) is 0 Å². The highest BCUT2D eigenvalue weighted by atomic mass is 19.2. The van der Waals surface area contributed by atoms with Crippen molar-refractivity contribution in [2.24, 2.45) is 17.8 Å². The molecule has 5 rings (SSSR count). The number of ether oxygens (including phenoxy) is 2. The summed E-state index contributed by atoms with van der Waals surface area (Å²) in [5.74, 6) is -14.2. The Bertz CT molecular complexity index is 1450. The van der Waals surface area contributed by atoms with Crippen molar-refractivity contribution in [1.29, 1.82) is 0 Å². The second kappa shape index (κ2) is 13.7. The number of alkyl halides is 1. The monoisotopic (exact) mass is 639 g/mol. The highest BCUT2D eigenvalue weighted by molar-refractivity contribution is 6.19. The number of esters is 1. The fourth-order valence-corrected chi connectivity index (χ4v) is 7.05. The average Bonchev–Trinajstić information content (AvgIpc) is 3.01. The molecule has 1 saturated heterocycles. The van der Waals surface area contributed by atoms with Crippen molar-refractivity contribution >= 4 is 11.5 Å². The summed E-state index contributed by atoms with van der Waals surface area (Å²) in [4.78, 5) is 15.6. The van der Waals surface area contributed by atoms with Crippen molar-refractivity contribution in [3.63, 3.8) is 0 Å². The van der Waals surface area contributed by atoms with Gasteiger partial charge in [-0.15, -0.1) is 0 Å². The molecule has 1 heterocycles. The standard InChI is InChI=1S/C34H36F7NO3/c1-4-26(36)44-24-15-42(16-24)23-10-7-19(8-11-23)17(2)5-6-20-13-21-14-22(35)9-12-25(21)27(18(20)3)34(43)45-33-31(40)29(38)28(37)30(39)32(33)41/h4,9,12,14,17,19-20,23-24,26H,1,5-8,10-11,13,15-16H2,2-3H3/t17-,19?,20?,23?,26?/m0/s1. The number of carbonyl (C=O) groups is 1. The minimum Gasteiger partial charge on any atom is -0.416 e. The van der Waals surface area contributed by atoms with Crippen LogP contribution in [0.1, 0.15) is 63.5 Å². The fourth-order valence-electron chi connectivity index (χ4n) is 7.05. The number of likely N-dealkylation sites (tertiary alicyclic amines) is 1. The third kappa shape index (κ3) is 6.84. The highest BCUT2D eigenvalue weighted by Gasteiger charge is 2.38. The van der Waals surface area contributed by atoms with E-state index in [4.69, 9.17) is 9.47 Å². The molecule has 2 fully saturated rings. The topological polar surface area (TPSA) is 38.8 Å². The number of carbonyl (C=O) groups excluding carboxylic acids is 1. The Hall–Kier alpha value is -3.18. The molecular formula is C34H36F7NO3. The van der Waals surface area contributed by atoms with Crippen molar-refractivity contribution in [2.45, 2.75) is 77.3 Å². The first kappa shape index (κ1) is 33.2. The van der Waals surface area contributed by atoms with Gasteiger partial charge in [0.05, 0.1) is 11.7 Å². The molecule has 0 N–H and O–H groups in total. The largest absolute Gasteiger partial charge is 0.416 e. The maximum atomic E-state index is 14.3. The normalized spacial score (nSPS) is 23.7. The second-order valence-electron chi connectivity index (χ2n) is 12.5. The van der Waals surface area contributed by atoms with E-state index in [1.807, 2.05) is 0 Å². The van der Waals surface area contributed by atoms with Gasteiger partial charge in [0.25, 0.3) is 0 Å². The van der Waals surface area contributed by atoms with E-state index in [1.165, 1.54) is 12.1 Å². The van der Waals surface area contributed by atoms with E-state index in [9.17, 15) is 35.5 Å². The number of rotatable bonds is 10. The van der Waals surface area contributed by atoms with Gasteiger partial charge in [-0.1, -0.05) is 25.1 Å².